The van der Waals surface area contributed by atoms with E-state index in [-0.39, 0.29) is 23.7 Å². The lowest BCUT2D eigenvalue weighted by atomic mass is 9.95. The summed E-state index contributed by atoms with van der Waals surface area (Å²) in [7, 11) is 0. The summed E-state index contributed by atoms with van der Waals surface area (Å²) in [6, 6.07) is 12.3. The van der Waals surface area contributed by atoms with Gasteiger partial charge >= 0.3 is 0 Å². The van der Waals surface area contributed by atoms with Crippen LogP contribution in [0, 0.1) is 11.8 Å². The van der Waals surface area contributed by atoms with Crippen LogP contribution in [-0.2, 0) is 16.0 Å². The lowest BCUT2D eigenvalue weighted by molar-refractivity contribution is -0.136. The van der Waals surface area contributed by atoms with Gasteiger partial charge in [-0.2, -0.15) is 0 Å². The maximum atomic E-state index is 13.2. The number of aromatic nitrogens is 1. The number of hydrogen-bond acceptors (Lipinski definition) is 3. The number of rotatable bonds is 8. The summed E-state index contributed by atoms with van der Waals surface area (Å²) < 4.78 is 0. The quantitative estimate of drug-likeness (QED) is 0.603. The molecule has 164 valence electrons. The smallest absolute Gasteiger partial charge is 0.228 e. The van der Waals surface area contributed by atoms with Crippen LogP contribution in [0.1, 0.15) is 32.3 Å². The van der Waals surface area contributed by atoms with Gasteiger partial charge in [0.2, 0.25) is 11.8 Å². The molecule has 1 atom stereocenters. The highest BCUT2D eigenvalue weighted by Crippen LogP contribution is 2.23. The lowest BCUT2D eigenvalue weighted by Crippen LogP contribution is -2.40. The van der Waals surface area contributed by atoms with Crippen molar-refractivity contribution in [2.45, 2.75) is 33.1 Å². The summed E-state index contributed by atoms with van der Waals surface area (Å²) >= 11 is 0. The van der Waals surface area contributed by atoms with Crippen molar-refractivity contribution in [3.63, 3.8) is 0 Å². The van der Waals surface area contributed by atoms with Gasteiger partial charge < -0.3 is 9.80 Å². The van der Waals surface area contributed by atoms with E-state index in [1.807, 2.05) is 21.9 Å². The molecule has 2 heterocycles. The van der Waals surface area contributed by atoms with Gasteiger partial charge in [0.05, 0.1) is 5.92 Å². The monoisotopic (exact) mass is 419 g/mol. The first-order chi connectivity index (χ1) is 15.1. The topological polar surface area (TPSA) is 53.5 Å². The van der Waals surface area contributed by atoms with Gasteiger partial charge in [-0.1, -0.05) is 44.2 Å². The fraction of sp³-hybridized carbons (Fsp3) is 0.423. The maximum absolute atomic E-state index is 13.2. The minimum atomic E-state index is -0.243. The largest absolute Gasteiger partial charge is 0.340 e. The highest BCUT2D eigenvalue weighted by atomic mass is 16.2. The first-order valence-corrected chi connectivity index (χ1v) is 11.2. The number of pyridine rings is 1. The normalized spacial score (nSPS) is 17.0. The van der Waals surface area contributed by atoms with E-state index < -0.39 is 0 Å². The van der Waals surface area contributed by atoms with E-state index in [2.05, 4.69) is 49.7 Å². The molecular formula is C26H33N3O2. The van der Waals surface area contributed by atoms with Crippen LogP contribution in [0.5, 0.6) is 0 Å². The average Bonchev–Trinajstić information content (AvgIpc) is 2.95. The fourth-order valence-electron chi connectivity index (χ4n) is 4.29. The second-order valence-corrected chi connectivity index (χ2v) is 8.20. The van der Waals surface area contributed by atoms with Gasteiger partial charge in [0, 0.05) is 44.5 Å². The van der Waals surface area contributed by atoms with E-state index in [4.69, 9.17) is 0 Å². The molecule has 0 saturated carbocycles. The molecule has 0 aliphatic carbocycles. The number of nitrogens with zero attached hydrogens (tertiary/aromatic N) is 3. The summed E-state index contributed by atoms with van der Waals surface area (Å²) in [6.07, 6.45) is 7.61. The summed E-state index contributed by atoms with van der Waals surface area (Å²) in [5.41, 5.74) is 3.34. The minimum absolute atomic E-state index is 0.0290. The Hall–Kier alpha value is -2.95. The first kappa shape index (κ1) is 22.7. The Morgan fingerprint density at radius 1 is 1.10 bits per heavy atom. The summed E-state index contributed by atoms with van der Waals surface area (Å²) in [4.78, 5) is 34.1. The molecule has 0 spiro atoms. The third kappa shape index (κ3) is 5.60. The highest BCUT2D eigenvalue weighted by molar-refractivity contribution is 5.83. The molecule has 2 amide bonds. The number of carbonyl (C=O) groups excluding carboxylic acids is 2. The van der Waals surface area contributed by atoms with Gasteiger partial charge in [-0.05, 0) is 48.1 Å². The standard InChI is InChI=1S/C26H33N3O2/c1-4-15-28-16-17-29(25(30)21(5-2)6-3)19-24(26(28)31)18-20-7-9-22(10-8-20)23-11-13-27-14-12-23/h4,7-14,21,24H,1,5-6,15-19H2,2-3H3/t24-/m1/s1. The van der Waals surface area contributed by atoms with Crippen molar-refractivity contribution in [2.24, 2.45) is 11.8 Å². The number of amides is 2. The molecule has 1 aliphatic rings. The van der Waals surface area contributed by atoms with E-state index in [1.54, 1.807) is 18.5 Å². The minimum Gasteiger partial charge on any atom is -0.340 e. The molecule has 2 aromatic rings. The Morgan fingerprint density at radius 2 is 1.74 bits per heavy atom. The molecule has 31 heavy (non-hydrogen) atoms. The average molecular weight is 420 g/mol. The van der Waals surface area contributed by atoms with Crippen LogP contribution in [0.4, 0.5) is 0 Å². The second kappa shape index (κ2) is 10.9. The van der Waals surface area contributed by atoms with Crippen molar-refractivity contribution in [3.8, 4) is 11.1 Å². The van der Waals surface area contributed by atoms with Crippen LogP contribution in [0.25, 0.3) is 11.1 Å². The lowest BCUT2D eigenvalue weighted by Gasteiger charge is -2.26. The third-order valence-electron chi connectivity index (χ3n) is 6.19. The SMILES string of the molecule is C=CCN1CCN(C(=O)C(CC)CC)C[C@@H](Cc2ccc(-c3ccncc3)cc2)C1=O. The van der Waals surface area contributed by atoms with Gasteiger partial charge in [0.15, 0.2) is 0 Å². The summed E-state index contributed by atoms with van der Waals surface area (Å²) in [6.45, 7) is 10.1. The fourth-order valence-corrected chi connectivity index (χ4v) is 4.29. The molecule has 1 aromatic heterocycles. The van der Waals surface area contributed by atoms with E-state index in [0.717, 1.165) is 29.5 Å². The van der Waals surface area contributed by atoms with Crippen molar-refractivity contribution in [1.29, 1.82) is 0 Å². The Bertz CT molecular complexity index is 875. The Kier molecular flexibility index (Phi) is 7.99. The number of carbonyl (C=O) groups is 2. The predicted octanol–water partition coefficient (Wildman–Crippen LogP) is 4.20. The van der Waals surface area contributed by atoms with Crippen molar-refractivity contribution in [2.75, 3.05) is 26.2 Å². The van der Waals surface area contributed by atoms with E-state index >= 15 is 0 Å². The van der Waals surface area contributed by atoms with Crippen LogP contribution in [0.3, 0.4) is 0 Å². The van der Waals surface area contributed by atoms with Crippen LogP contribution in [-0.4, -0.2) is 52.8 Å². The van der Waals surface area contributed by atoms with Crippen molar-refractivity contribution in [1.82, 2.24) is 14.8 Å². The first-order valence-electron chi connectivity index (χ1n) is 11.2. The molecule has 5 nitrogen and oxygen atoms in total. The second-order valence-electron chi connectivity index (χ2n) is 8.20. The molecule has 1 aromatic carbocycles. The zero-order valence-corrected chi connectivity index (χ0v) is 18.7. The Labute approximate surface area is 185 Å². The van der Waals surface area contributed by atoms with Gasteiger partial charge in [0.25, 0.3) is 0 Å². The molecule has 0 N–H and O–H groups in total. The molecule has 1 saturated heterocycles. The third-order valence-corrected chi connectivity index (χ3v) is 6.19. The van der Waals surface area contributed by atoms with Crippen LogP contribution in [0.15, 0.2) is 61.4 Å². The van der Waals surface area contributed by atoms with Gasteiger partial charge in [-0.25, -0.2) is 0 Å². The van der Waals surface area contributed by atoms with E-state index in [9.17, 15) is 9.59 Å². The molecule has 5 heteroatoms. The Balaban J connectivity index is 1.79. The van der Waals surface area contributed by atoms with Crippen LogP contribution in [0.2, 0.25) is 0 Å². The summed E-state index contributed by atoms with van der Waals surface area (Å²) in [5, 5.41) is 0. The van der Waals surface area contributed by atoms with Gasteiger partial charge in [-0.3, -0.25) is 14.6 Å². The number of hydrogen-bond donors (Lipinski definition) is 0. The van der Waals surface area contributed by atoms with Crippen LogP contribution >= 0.6 is 0 Å². The molecule has 1 aliphatic heterocycles. The van der Waals surface area contributed by atoms with Crippen molar-refractivity contribution in [3.05, 3.63) is 67.0 Å². The van der Waals surface area contributed by atoms with Gasteiger partial charge in [-0.15, -0.1) is 6.58 Å². The Morgan fingerprint density at radius 3 is 2.35 bits per heavy atom. The number of benzene rings is 1. The zero-order chi connectivity index (χ0) is 22.2. The van der Waals surface area contributed by atoms with Crippen molar-refractivity contribution < 1.29 is 9.59 Å². The molecule has 1 fully saturated rings. The molecule has 3 rings (SSSR count). The summed E-state index contributed by atoms with van der Waals surface area (Å²) in [5.74, 6) is 0.0723. The molecule has 0 radical (unpaired) electrons. The highest BCUT2D eigenvalue weighted by Gasteiger charge is 2.33. The predicted molar refractivity (Wildman–Crippen MR) is 124 cm³/mol. The molecular weight excluding hydrogens is 386 g/mol. The van der Waals surface area contributed by atoms with E-state index in [0.29, 0.717) is 32.6 Å². The van der Waals surface area contributed by atoms with Crippen LogP contribution < -0.4 is 0 Å². The molecule has 0 bridgehead atoms. The van der Waals surface area contributed by atoms with E-state index in [1.165, 1.54) is 0 Å². The zero-order valence-electron chi connectivity index (χ0n) is 18.7. The van der Waals surface area contributed by atoms with Crippen molar-refractivity contribution >= 4 is 11.8 Å². The maximum Gasteiger partial charge on any atom is 0.228 e. The van der Waals surface area contributed by atoms with Gasteiger partial charge in [0.1, 0.15) is 0 Å². The molecule has 0 unspecified atom stereocenters.